The quantitative estimate of drug-likeness (QED) is 0.896. The molecule has 0 fully saturated rings. The van der Waals surface area contributed by atoms with Gasteiger partial charge in [0.05, 0.1) is 5.92 Å². The Bertz CT molecular complexity index is 537. The van der Waals surface area contributed by atoms with Crippen molar-refractivity contribution in [2.45, 2.75) is 12.3 Å². The zero-order valence-electron chi connectivity index (χ0n) is 9.71. The molecule has 0 heterocycles. The van der Waals surface area contributed by atoms with Crippen LogP contribution >= 0.6 is 0 Å². The lowest BCUT2D eigenvalue weighted by atomic mass is 9.92. The molecule has 0 saturated carbocycles. The van der Waals surface area contributed by atoms with Gasteiger partial charge in [0.15, 0.2) is 0 Å². The number of benzene rings is 2. The minimum absolute atomic E-state index is 0.289. The SMILES string of the molecule is O=C(O)C(Cc1cccc(F)c1)c1ccccc1. The van der Waals surface area contributed by atoms with E-state index < -0.39 is 11.9 Å². The fourth-order valence-corrected chi connectivity index (χ4v) is 1.93. The summed E-state index contributed by atoms with van der Waals surface area (Å²) < 4.78 is 13.1. The Hall–Kier alpha value is -2.16. The minimum Gasteiger partial charge on any atom is -0.481 e. The van der Waals surface area contributed by atoms with Crippen LogP contribution in [0.25, 0.3) is 0 Å². The second kappa shape index (κ2) is 5.45. The van der Waals surface area contributed by atoms with E-state index in [1.54, 1.807) is 36.4 Å². The van der Waals surface area contributed by atoms with E-state index in [0.29, 0.717) is 5.56 Å². The smallest absolute Gasteiger partial charge is 0.311 e. The molecule has 0 amide bonds. The van der Waals surface area contributed by atoms with E-state index >= 15 is 0 Å². The summed E-state index contributed by atoms with van der Waals surface area (Å²) in [5, 5.41) is 9.26. The lowest BCUT2D eigenvalue weighted by Crippen LogP contribution is -2.14. The highest BCUT2D eigenvalue weighted by Crippen LogP contribution is 2.21. The van der Waals surface area contributed by atoms with E-state index in [1.165, 1.54) is 12.1 Å². The van der Waals surface area contributed by atoms with Crippen LogP contribution in [0.15, 0.2) is 54.6 Å². The third kappa shape index (κ3) is 2.94. The lowest BCUT2D eigenvalue weighted by molar-refractivity contribution is -0.138. The molecule has 3 heteroatoms. The second-order valence-corrected chi connectivity index (χ2v) is 4.14. The van der Waals surface area contributed by atoms with E-state index in [1.807, 2.05) is 6.07 Å². The van der Waals surface area contributed by atoms with Gasteiger partial charge in [0.25, 0.3) is 0 Å². The molecule has 0 aromatic heterocycles. The Morgan fingerprint density at radius 3 is 2.44 bits per heavy atom. The highest BCUT2D eigenvalue weighted by atomic mass is 19.1. The Morgan fingerprint density at radius 2 is 1.83 bits per heavy atom. The third-order valence-corrected chi connectivity index (χ3v) is 2.83. The van der Waals surface area contributed by atoms with Crippen LogP contribution in [0.2, 0.25) is 0 Å². The Morgan fingerprint density at radius 1 is 1.11 bits per heavy atom. The highest BCUT2D eigenvalue weighted by molar-refractivity contribution is 5.76. The van der Waals surface area contributed by atoms with E-state index in [4.69, 9.17) is 0 Å². The maximum absolute atomic E-state index is 13.1. The van der Waals surface area contributed by atoms with Crippen molar-refractivity contribution in [3.05, 3.63) is 71.5 Å². The van der Waals surface area contributed by atoms with Gasteiger partial charge in [-0.3, -0.25) is 4.79 Å². The maximum atomic E-state index is 13.1. The largest absolute Gasteiger partial charge is 0.481 e. The Balaban J connectivity index is 2.25. The van der Waals surface area contributed by atoms with Gasteiger partial charge in [-0.25, -0.2) is 4.39 Å². The number of rotatable bonds is 4. The zero-order valence-corrected chi connectivity index (χ0v) is 9.71. The molecule has 0 aliphatic heterocycles. The summed E-state index contributed by atoms with van der Waals surface area (Å²) in [4.78, 5) is 11.3. The number of halogens is 1. The van der Waals surface area contributed by atoms with Gasteiger partial charge >= 0.3 is 5.97 Å². The van der Waals surface area contributed by atoms with Crippen molar-refractivity contribution in [1.29, 1.82) is 0 Å². The van der Waals surface area contributed by atoms with Gasteiger partial charge in [-0.05, 0) is 29.7 Å². The molecule has 1 N–H and O–H groups in total. The molecule has 2 aromatic carbocycles. The monoisotopic (exact) mass is 244 g/mol. The number of hydrogen-bond acceptors (Lipinski definition) is 1. The summed E-state index contributed by atoms with van der Waals surface area (Å²) >= 11 is 0. The van der Waals surface area contributed by atoms with E-state index in [9.17, 15) is 14.3 Å². The van der Waals surface area contributed by atoms with Crippen molar-refractivity contribution in [1.82, 2.24) is 0 Å². The maximum Gasteiger partial charge on any atom is 0.311 e. The van der Waals surface area contributed by atoms with Gasteiger partial charge in [0.2, 0.25) is 0 Å². The molecule has 2 nitrogen and oxygen atoms in total. The van der Waals surface area contributed by atoms with Crippen LogP contribution in [-0.4, -0.2) is 11.1 Å². The molecule has 2 aromatic rings. The fourth-order valence-electron chi connectivity index (χ4n) is 1.93. The van der Waals surface area contributed by atoms with Crippen molar-refractivity contribution >= 4 is 5.97 Å². The Labute approximate surface area is 105 Å². The molecule has 0 aliphatic carbocycles. The van der Waals surface area contributed by atoms with Crippen molar-refractivity contribution in [2.75, 3.05) is 0 Å². The average molecular weight is 244 g/mol. The van der Waals surface area contributed by atoms with Crippen molar-refractivity contribution < 1.29 is 14.3 Å². The molecule has 0 bridgehead atoms. The molecule has 0 spiro atoms. The van der Waals surface area contributed by atoms with Crippen LogP contribution in [-0.2, 0) is 11.2 Å². The average Bonchev–Trinajstić information content (AvgIpc) is 2.37. The van der Waals surface area contributed by atoms with Crippen molar-refractivity contribution in [3.63, 3.8) is 0 Å². The molecular weight excluding hydrogens is 231 g/mol. The predicted molar refractivity (Wildman–Crippen MR) is 66.9 cm³/mol. The number of hydrogen-bond donors (Lipinski definition) is 1. The minimum atomic E-state index is -0.898. The molecule has 92 valence electrons. The zero-order chi connectivity index (χ0) is 13.0. The van der Waals surface area contributed by atoms with Crippen LogP contribution in [0.1, 0.15) is 17.0 Å². The third-order valence-electron chi connectivity index (χ3n) is 2.83. The summed E-state index contributed by atoms with van der Waals surface area (Å²) in [5.41, 5.74) is 1.42. The molecular formula is C15H13FO2. The molecule has 2 rings (SSSR count). The lowest BCUT2D eigenvalue weighted by Gasteiger charge is -2.12. The summed E-state index contributed by atoms with van der Waals surface area (Å²) in [7, 11) is 0. The van der Waals surface area contributed by atoms with Crippen LogP contribution in [0.5, 0.6) is 0 Å². The molecule has 18 heavy (non-hydrogen) atoms. The molecule has 0 saturated heterocycles. The number of carboxylic acid groups (broad SMARTS) is 1. The van der Waals surface area contributed by atoms with Gasteiger partial charge in [-0.2, -0.15) is 0 Å². The number of carbonyl (C=O) groups is 1. The topological polar surface area (TPSA) is 37.3 Å². The van der Waals surface area contributed by atoms with E-state index in [2.05, 4.69) is 0 Å². The highest BCUT2D eigenvalue weighted by Gasteiger charge is 2.20. The van der Waals surface area contributed by atoms with Gasteiger partial charge in [-0.1, -0.05) is 42.5 Å². The fraction of sp³-hybridized carbons (Fsp3) is 0.133. The van der Waals surface area contributed by atoms with Gasteiger partial charge in [0.1, 0.15) is 5.82 Å². The first-order valence-corrected chi connectivity index (χ1v) is 5.69. The summed E-state index contributed by atoms with van der Waals surface area (Å²) in [6, 6.07) is 15.0. The molecule has 1 unspecified atom stereocenters. The summed E-state index contributed by atoms with van der Waals surface area (Å²) in [6.45, 7) is 0. The van der Waals surface area contributed by atoms with Crippen molar-refractivity contribution in [2.24, 2.45) is 0 Å². The van der Waals surface area contributed by atoms with Gasteiger partial charge < -0.3 is 5.11 Å². The molecule has 1 atom stereocenters. The number of carboxylic acids is 1. The van der Waals surface area contributed by atoms with E-state index in [0.717, 1.165) is 5.56 Å². The first kappa shape index (κ1) is 12.3. The van der Waals surface area contributed by atoms with Gasteiger partial charge in [0, 0.05) is 0 Å². The summed E-state index contributed by atoms with van der Waals surface area (Å²) in [5.74, 6) is -1.89. The normalized spacial score (nSPS) is 12.1. The molecule has 0 aliphatic rings. The first-order chi connectivity index (χ1) is 8.66. The molecule has 0 radical (unpaired) electrons. The Kier molecular flexibility index (Phi) is 3.72. The van der Waals surface area contributed by atoms with Crippen LogP contribution in [0, 0.1) is 5.82 Å². The van der Waals surface area contributed by atoms with Crippen LogP contribution < -0.4 is 0 Å². The second-order valence-electron chi connectivity index (χ2n) is 4.14. The predicted octanol–water partition coefficient (Wildman–Crippen LogP) is 3.24. The van der Waals surface area contributed by atoms with E-state index in [-0.39, 0.29) is 12.2 Å². The van der Waals surface area contributed by atoms with Crippen LogP contribution in [0.3, 0.4) is 0 Å². The first-order valence-electron chi connectivity index (χ1n) is 5.69. The van der Waals surface area contributed by atoms with Crippen LogP contribution in [0.4, 0.5) is 4.39 Å². The number of aliphatic carboxylic acids is 1. The standard InChI is InChI=1S/C15H13FO2/c16-13-8-4-5-11(9-13)10-14(15(17)18)12-6-2-1-3-7-12/h1-9,14H,10H2,(H,17,18). The summed E-state index contributed by atoms with van der Waals surface area (Å²) in [6.07, 6.45) is 0.289. The van der Waals surface area contributed by atoms with Crippen molar-refractivity contribution in [3.8, 4) is 0 Å². The van der Waals surface area contributed by atoms with Gasteiger partial charge in [-0.15, -0.1) is 0 Å².